The van der Waals surface area contributed by atoms with Crippen molar-refractivity contribution in [1.82, 2.24) is 15.1 Å². The second-order valence-electron chi connectivity index (χ2n) is 4.34. The van der Waals surface area contributed by atoms with Gasteiger partial charge in [0, 0.05) is 24.9 Å². The fraction of sp³-hybridized carbons (Fsp3) is 0.286. The molecule has 0 aliphatic carbocycles. The van der Waals surface area contributed by atoms with E-state index in [0.717, 1.165) is 0 Å². The van der Waals surface area contributed by atoms with Gasteiger partial charge in [0.25, 0.3) is 5.91 Å². The Morgan fingerprint density at radius 1 is 1.36 bits per heavy atom. The number of carbonyl (C=O) groups excluding carboxylic acids is 1. The lowest BCUT2D eigenvalue weighted by molar-refractivity contribution is 0.0930. The van der Waals surface area contributed by atoms with E-state index in [1.807, 2.05) is 0 Å². The number of methoxy groups -OCH3 is 1. The van der Waals surface area contributed by atoms with E-state index in [-0.39, 0.29) is 12.6 Å². The molecule has 1 amide bonds. The average Bonchev–Trinajstić information content (AvgIpc) is 2.95. The van der Waals surface area contributed by atoms with Crippen LogP contribution in [0, 0.1) is 0 Å². The van der Waals surface area contributed by atoms with Crippen LogP contribution in [-0.4, -0.2) is 35.9 Å². The number of carbonyl (C=O) groups is 1. The van der Waals surface area contributed by atoms with Gasteiger partial charge in [0.15, 0.2) is 6.73 Å². The smallest absolute Gasteiger partial charge is 0.271 e. The quantitative estimate of drug-likeness (QED) is 0.784. The molecule has 0 saturated carbocycles. The van der Waals surface area contributed by atoms with E-state index < -0.39 is 0 Å². The van der Waals surface area contributed by atoms with Crippen molar-refractivity contribution < 1.29 is 14.3 Å². The van der Waals surface area contributed by atoms with Crippen LogP contribution in [-0.2, 0) is 11.5 Å². The van der Waals surface area contributed by atoms with Crippen molar-refractivity contribution in [2.45, 2.75) is 6.73 Å². The Morgan fingerprint density at radius 3 is 2.91 bits per heavy atom. The molecule has 22 heavy (non-hydrogen) atoms. The minimum absolute atomic E-state index is 0.132. The summed E-state index contributed by atoms with van der Waals surface area (Å²) in [5.41, 5.74) is 0.307. The van der Waals surface area contributed by atoms with E-state index >= 15 is 0 Å². The van der Waals surface area contributed by atoms with Crippen molar-refractivity contribution in [2.75, 3.05) is 20.3 Å². The molecule has 8 heteroatoms. The third kappa shape index (κ3) is 4.62. The molecule has 1 aromatic carbocycles. The highest BCUT2D eigenvalue weighted by Gasteiger charge is 2.09. The molecule has 0 aliphatic heterocycles. The van der Waals surface area contributed by atoms with E-state index in [1.54, 1.807) is 37.6 Å². The fourth-order valence-corrected chi connectivity index (χ4v) is 2.10. The number of amides is 1. The zero-order valence-corrected chi connectivity index (χ0v) is 13.4. The first-order valence-electron chi connectivity index (χ1n) is 6.48. The normalized spacial score (nSPS) is 10.5. The first-order valence-corrected chi connectivity index (χ1v) is 7.24. The van der Waals surface area contributed by atoms with Crippen LogP contribution in [0.25, 0.3) is 0 Å². The third-order valence-electron chi connectivity index (χ3n) is 2.71. The lowest BCUT2D eigenvalue weighted by atomic mass is 10.3. The summed E-state index contributed by atoms with van der Waals surface area (Å²) in [6.07, 6.45) is 1.65. The van der Waals surface area contributed by atoms with E-state index in [4.69, 9.17) is 32.7 Å². The summed E-state index contributed by atoms with van der Waals surface area (Å²) in [4.78, 5) is 11.8. The minimum atomic E-state index is -0.264. The molecule has 2 aromatic rings. The zero-order chi connectivity index (χ0) is 15.9. The summed E-state index contributed by atoms with van der Waals surface area (Å²) < 4.78 is 11.9. The van der Waals surface area contributed by atoms with E-state index in [1.165, 1.54) is 4.68 Å². The molecule has 1 heterocycles. The molecular weight excluding hydrogens is 329 g/mol. The zero-order valence-electron chi connectivity index (χ0n) is 11.9. The number of hydrogen-bond donors (Lipinski definition) is 1. The van der Waals surface area contributed by atoms with Crippen LogP contribution in [0.1, 0.15) is 10.5 Å². The maximum atomic E-state index is 11.8. The largest absolute Gasteiger partial charge is 0.470 e. The Labute approximate surface area is 137 Å². The van der Waals surface area contributed by atoms with Crippen LogP contribution < -0.4 is 10.1 Å². The Balaban J connectivity index is 1.90. The van der Waals surface area contributed by atoms with Crippen molar-refractivity contribution in [3.63, 3.8) is 0 Å². The van der Waals surface area contributed by atoms with Crippen molar-refractivity contribution in [2.24, 2.45) is 0 Å². The topological polar surface area (TPSA) is 65.4 Å². The maximum absolute atomic E-state index is 11.8. The standard InChI is InChI=1S/C14H15Cl2N3O3/c1-21-7-5-17-14(20)12-4-6-19(18-12)9-22-13-3-2-10(15)8-11(13)16/h2-4,6,8H,5,7,9H2,1H3,(H,17,20). The van der Waals surface area contributed by atoms with E-state index in [0.29, 0.717) is 34.6 Å². The van der Waals surface area contributed by atoms with Gasteiger partial charge in [-0.2, -0.15) is 5.10 Å². The van der Waals surface area contributed by atoms with Gasteiger partial charge in [0.2, 0.25) is 0 Å². The number of benzene rings is 1. The second kappa shape index (κ2) is 8.03. The summed E-state index contributed by atoms with van der Waals surface area (Å²) in [5.74, 6) is 0.230. The highest BCUT2D eigenvalue weighted by atomic mass is 35.5. The van der Waals surface area contributed by atoms with Crippen molar-refractivity contribution in [1.29, 1.82) is 0 Å². The molecule has 0 fully saturated rings. The maximum Gasteiger partial charge on any atom is 0.271 e. The highest BCUT2D eigenvalue weighted by molar-refractivity contribution is 6.35. The summed E-state index contributed by atoms with van der Waals surface area (Å²) >= 11 is 11.8. The Kier molecular flexibility index (Phi) is 6.06. The van der Waals surface area contributed by atoms with Crippen LogP contribution in [0.5, 0.6) is 5.75 Å². The Morgan fingerprint density at radius 2 is 2.18 bits per heavy atom. The van der Waals surface area contributed by atoms with Gasteiger partial charge < -0.3 is 14.8 Å². The molecule has 0 radical (unpaired) electrons. The van der Waals surface area contributed by atoms with Crippen molar-refractivity contribution in [3.05, 3.63) is 46.2 Å². The number of halogens is 2. The molecule has 0 saturated heterocycles. The van der Waals surface area contributed by atoms with Gasteiger partial charge in [-0.25, -0.2) is 4.68 Å². The van der Waals surface area contributed by atoms with Gasteiger partial charge in [-0.05, 0) is 24.3 Å². The fourth-order valence-electron chi connectivity index (χ4n) is 1.64. The highest BCUT2D eigenvalue weighted by Crippen LogP contribution is 2.27. The van der Waals surface area contributed by atoms with Crippen LogP contribution >= 0.6 is 23.2 Å². The Bertz CT molecular complexity index is 646. The number of hydrogen-bond acceptors (Lipinski definition) is 4. The number of aromatic nitrogens is 2. The van der Waals surface area contributed by atoms with E-state index in [9.17, 15) is 4.79 Å². The third-order valence-corrected chi connectivity index (χ3v) is 3.24. The predicted molar refractivity (Wildman–Crippen MR) is 83.5 cm³/mol. The molecule has 1 N–H and O–H groups in total. The van der Waals surface area contributed by atoms with Gasteiger partial charge in [-0.3, -0.25) is 4.79 Å². The van der Waals surface area contributed by atoms with Gasteiger partial charge in [-0.1, -0.05) is 23.2 Å². The predicted octanol–water partition coefficient (Wildman–Crippen LogP) is 2.60. The van der Waals surface area contributed by atoms with Gasteiger partial charge in [-0.15, -0.1) is 0 Å². The van der Waals surface area contributed by atoms with Gasteiger partial charge in [0.1, 0.15) is 11.4 Å². The molecule has 0 unspecified atom stereocenters. The van der Waals surface area contributed by atoms with Crippen molar-refractivity contribution >= 4 is 29.1 Å². The molecular formula is C14H15Cl2N3O3. The molecule has 1 aromatic heterocycles. The van der Waals surface area contributed by atoms with Crippen molar-refractivity contribution in [3.8, 4) is 5.75 Å². The van der Waals surface area contributed by atoms with Crippen LogP contribution in [0.2, 0.25) is 10.0 Å². The second-order valence-corrected chi connectivity index (χ2v) is 5.18. The lowest BCUT2D eigenvalue weighted by Gasteiger charge is -2.08. The SMILES string of the molecule is COCCNC(=O)c1ccn(COc2ccc(Cl)cc2Cl)n1. The van der Waals surface area contributed by atoms with Crippen LogP contribution in [0.15, 0.2) is 30.5 Å². The molecule has 6 nitrogen and oxygen atoms in total. The first-order chi connectivity index (χ1) is 10.6. The Hall–Kier alpha value is -1.76. The summed E-state index contributed by atoms with van der Waals surface area (Å²) in [5, 5.41) is 7.75. The number of rotatable bonds is 7. The van der Waals surface area contributed by atoms with Gasteiger partial charge in [0.05, 0.1) is 11.6 Å². The molecule has 2 rings (SSSR count). The lowest BCUT2D eigenvalue weighted by Crippen LogP contribution is -2.27. The monoisotopic (exact) mass is 343 g/mol. The summed E-state index contributed by atoms with van der Waals surface area (Å²) in [6.45, 7) is 1.01. The summed E-state index contributed by atoms with van der Waals surface area (Å²) in [6, 6.07) is 6.55. The summed E-state index contributed by atoms with van der Waals surface area (Å²) in [7, 11) is 1.57. The number of nitrogens with zero attached hydrogens (tertiary/aromatic N) is 2. The molecule has 0 bridgehead atoms. The molecule has 118 valence electrons. The van der Waals surface area contributed by atoms with Crippen LogP contribution in [0.4, 0.5) is 0 Å². The molecule has 0 aliphatic rings. The first kappa shape index (κ1) is 16.6. The minimum Gasteiger partial charge on any atom is -0.470 e. The molecule has 0 atom stereocenters. The van der Waals surface area contributed by atoms with Gasteiger partial charge >= 0.3 is 0 Å². The van der Waals surface area contributed by atoms with E-state index in [2.05, 4.69) is 10.4 Å². The number of ether oxygens (including phenoxy) is 2. The average molecular weight is 344 g/mol. The number of nitrogens with one attached hydrogen (secondary N) is 1. The van der Waals surface area contributed by atoms with Crippen LogP contribution in [0.3, 0.4) is 0 Å². The molecule has 0 spiro atoms.